The Labute approximate surface area is 129 Å². The van der Waals surface area contributed by atoms with Crippen molar-refractivity contribution >= 4 is 33.2 Å². The van der Waals surface area contributed by atoms with E-state index in [1.54, 1.807) is 12.1 Å². The van der Waals surface area contributed by atoms with Crippen molar-refractivity contribution in [2.24, 2.45) is 0 Å². The standard InChI is InChI=1S/C13H9N.C6H8N2/c1-3-7-12-10(5-1)9-11-6-2-4-8-13(11)14-12;7-5-3-1-2-4-6(5)8/h1-9H;1-4H,7-8H2. The first-order chi connectivity index (χ1) is 10.7. The molecule has 4 N–H and O–H groups in total. The molecule has 4 rings (SSSR count). The van der Waals surface area contributed by atoms with Crippen molar-refractivity contribution in [3.05, 3.63) is 78.9 Å². The SMILES string of the molecule is Nc1ccccc1N.c1ccc2nc3ccccc3cc2c1. The number of aromatic nitrogens is 1. The maximum atomic E-state index is 5.39. The lowest BCUT2D eigenvalue weighted by Gasteiger charge is -1.99. The van der Waals surface area contributed by atoms with Crippen molar-refractivity contribution < 1.29 is 0 Å². The van der Waals surface area contributed by atoms with E-state index in [1.807, 2.05) is 48.5 Å². The second kappa shape index (κ2) is 6.14. The first-order valence-corrected chi connectivity index (χ1v) is 7.08. The van der Waals surface area contributed by atoms with E-state index in [0.29, 0.717) is 11.4 Å². The quantitative estimate of drug-likeness (QED) is 0.375. The number of pyridine rings is 1. The lowest BCUT2D eigenvalue weighted by atomic mass is 10.1. The van der Waals surface area contributed by atoms with Gasteiger partial charge in [0.1, 0.15) is 0 Å². The Bertz CT molecular complexity index is 790. The van der Waals surface area contributed by atoms with Crippen molar-refractivity contribution in [1.29, 1.82) is 0 Å². The highest BCUT2D eigenvalue weighted by Crippen LogP contribution is 2.18. The molecule has 0 aliphatic heterocycles. The number of anilines is 2. The van der Waals surface area contributed by atoms with Crippen LogP contribution in [0.5, 0.6) is 0 Å². The van der Waals surface area contributed by atoms with Crippen molar-refractivity contribution in [2.45, 2.75) is 0 Å². The number of nitrogens with two attached hydrogens (primary N) is 2. The molecular weight excluding hydrogens is 270 g/mol. The topological polar surface area (TPSA) is 64.9 Å². The normalized spacial score (nSPS) is 10.2. The van der Waals surface area contributed by atoms with Crippen LogP contribution in [0.3, 0.4) is 0 Å². The molecule has 4 aromatic rings. The van der Waals surface area contributed by atoms with Gasteiger partial charge in [-0.3, -0.25) is 0 Å². The molecule has 0 amide bonds. The van der Waals surface area contributed by atoms with E-state index >= 15 is 0 Å². The van der Waals surface area contributed by atoms with E-state index in [0.717, 1.165) is 11.0 Å². The number of nitrogen functional groups attached to an aromatic ring is 2. The second-order valence-electron chi connectivity index (χ2n) is 5.00. The summed E-state index contributed by atoms with van der Waals surface area (Å²) >= 11 is 0. The molecule has 0 aliphatic rings. The third-order valence-electron chi connectivity index (χ3n) is 3.42. The van der Waals surface area contributed by atoms with Crippen LogP contribution >= 0.6 is 0 Å². The molecule has 22 heavy (non-hydrogen) atoms. The van der Waals surface area contributed by atoms with E-state index in [-0.39, 0.29) is 0 Å². The molecule has 0 fully saturated rings. The minimum absolute atomic E-state index is 0.646. The summed E-state index contributed by atoms with van der Waals surface area (Å²) in [6.45, 7) is 0. The Morgan fingerprint density at radius 1 is 0.545 bits per heavy atom. The summed E-state index contributed by atoms with van der Waals surface area (Å²) in [7, 11) is 0. The fraction of sp³-hybridized carbons (Fsp3) is 0. The highest BCUT2D eigenvalue weighted by Gasteiger charge is 1.96. The first-order valence-electron chi connectivity index (χ1n) is 7.08. The number of benzene rings is 3. The Morgan fingerprint density at radius 3 is 1.41 bits per heavy atom. The molecule has 3 heteroatoms. The molecule has 0 atom stereocenters. The van der Waals surface area contributed by atoms with Gasteiger partial charge in [0.15, 0.2) is 0 Å². The molecule has 0 saturated carbocycles. The van der Waals surface area contributed by atoms with Gasteiger partial charge in [-0.15, -0.1) is 0 Å². The largest absolute Gasteiger partial charge is 0.397 e. The minimum Gasteiger partial charge on any atom is -0.397 e. The van der Waals surface area contributed by atoms with Gasteiger partial charge in [-0.2, -0.15) is 0 Å². The number of hydrogen-bond acceptors (Lipinski definition) is 3. The molecule has 3 aromatic carbocycles. The van der Waals surface area contributed by atoms with Gasteiger partial charge in [0.05, 0.1) is 22.4 Å². The van der Waals surface area contributed by atoms with Crippen LogP contribution in [0, 0.1) is 0 Å². The highest BCUT2D eigenvalue weighted by atomic mass is 14.7. The molecule has 108 valence electrons. The Morgan fingerprint density at radius 2 is 0.955 bits per heavy atom. The average molecular weight is 287 g/mol. The summed E-state index contributed by atoms with van der Waals surface area (Å²) < 4.78 is 0. The Balaban J connectivity index is 0.000000154. The Kier molecular flexibility index (Phi) is 3.88. The monoisotopic (exact) mass is 287 g/mol. The summed E-state index contributed by atoms with van der Waals surface area (Å²) in [6, 6.07) is 25.8. The fourth-order valence-corrected chi connectivity index (χ4v) is 2.23. The smallest absolute Gasteiger partial charge is 0.0709 e. The van der Waals surface area contributed by atoms with Crippen molar-refractivity contribution in [3.63, 3.8) is 0 Å². The van der Waals surface area contributed by atoms with E-state index in [1.165, 1.54) is 10.8 Å². The van der Waals surface area contributed by atoms with E-state index in [9.17, 15) is 0 Å². The minimum atomic E-state index is 0.646. The number of para-hydroxylation sites is 4. The van der Waals surface area contributed by atoms with Gasteiger partial charge in [0, 0.05) is 10.8 Å². The van der Waals surface area contributed by atoms with Crippen LogP contribution in [0.1, 0.15) is 0 Å². The summed E-state index contributed by atoms with van der Waals surface area (Å²) in [5.74, 6) is 0. The summed E-state index contributed by atoms with van der Waals surface area (Å²) in [5, 5.41) is 2.40. The molecule has 1 heterocycles. The van der Waals surface area contributed by atoms with Gasteiger partial charge >= 0.3 is 0 Å². The third kappa shape index (κ3) is 2.99. The second-order valence-corrected chi connectivity index (χ2v) is 5.00. The van der Waals surface area contributed by atoms with Gasteiger partial charge in [-0.25, -0.2) is 4.98 Å². The van der Waals surface area contributed by atoms with Gasteiger partial charge in [0.2, 0.25) is 0 Å². The fourth-order valence-electron chi connectivity index (χ4n) is 2.23. The maximum Gasteiger partial charge on any atom is 0.0709 e. The molecular formula is C19H17N3. The molecule has 0 aliphatic carbocycles. The lowest BCUT2D eigenvalue weighted by molar-refractivity contribution is 1.50. The van der Waals surface area contributed by atoms with Crippen molar-refractivity contribution in [2.75, 3.05) is 11.5 Å². The zero-order valence-corrected chi connectivity index (χ0v) is 12.1. The number of fused-ring (bicyclic) bond motifs is 2. The van der Waals surface area contributed by atoms with Crippen LogP contribution in [0.15, 0.2) is 78.9 Å². The van der Waals surface area contributed by atoms with Crippen LogP contribution in [-0.4, -0.2) is 4.98 Å². The van der Waals surface area contributed by atoms with Gasteiger partial charge in [-0.1, -0.05) is 48.5 Å². The maximum absolute atomic E-state index is 5.39. The van der Waals surface area contributed by atoms with Crippen LogP contribution in [0.2, 0.25) is 0 Å². The molecule has 0 spiro atoms. The summed E-state index contributed by atoms with van der Waals surface area (Å²) in [6.07, 6.45) is 0. The van der Waals surface area contributed by atoms with E-state index in [2.05, 4.69) is 23.2 Å². The number of rotatable bonds is 0. The Hall–Kier alpha value is -3.07. The van der Waals surface area contributed by atoms with Crippen LogP contribution < -0.4 is 11.5 Å². The van der Waals surface area contributed by atoms with Crippen LogP contribution in [-0.2, 0) is 0 Å². The summed E-state index contributed by atoms with van der Waals surface area (Å²) in [4.78, 5) is 4.58. The van der Waals surface area contributed by atoms with Gasteiger partial charge in [-0.05, 0) is 30.3 Å². The lowest BCUT2D eigenvalue weighted by Crippen LogP contribution is -1.91. The molecule has 0 saturated heterocycles. The van der Waals surface area contributed by atoms with Gasteiger partial charge < -0.3 is 11.5 Å². The molecule has 1 aromatic heterocycles. The molecule has 0 bridgehead atoms. The number of nitrogens with zero attached hydrogens (tertiary/aromatic N) is 1. The van der Waals surface area contributed by atoms with Crippen LogP contribution in [0.4, 0.5) is 11.4 Å². The van der Waals surface area contributed by atoms with Gasteiger partial charge in [0.25, 0.3) is 0 Å². The zero-order valence-electron chi connectivity index (χ0n) is 12.1. The van der Waals surface area contributed by atoms with Crippen LogP contribution in [0.25, 0.3) is 21.8 Å². The van der Waals surface area contributed by atoms with Crippen molar-refractivity contribution in [1.82, 2.24) is 4.98 Å². The number of hydrogen-bond donors (Lipinski definition) is 2. The van der Waals surface area contributed by atoms with E-state index in [4.69, 9.17) is 11.5 Å². The predicted molar refractivity (Wildman–Crippen MR) is 94.5 cm³/mol. The zero-order chi connectivity index (χ0) is 15.4. The highest BCUT2D eigenvalue weighted by molar-refractivity contribution is 5.92. The first kappa shape index (κ1) is 13.9. The van der Waals surface area contributed by atoms with E-state index < -0.39 is 0 Å². The van der Waals surface area contributed by atoms with Crippen molar-refractivity contribution in [3.8, 4) is 0 Å². The summed E-state index contributed by atoms with van der Waals surface area (Å²) in [5.41, 5.74) is 14.2. The molecule has 3 nitrogen and oxygen atoms in total. The molecule has 0 radical (unpaired) electrons. The average Bonchev–Trinajstić information content (AvgIpc) is 2.56. The third-order valence-corrected chi connectivity index (χ3v) is 3.42. The predicted octanol–water partition coefficient (Wildman–Crippen LogP) is 4.24. The molecule has 0 unspecified atom stereocenters.